The van der Waals surface area contributed by atoms with Crippen LogP contribution in [0.3, 0.4) is 0 Å². The molecule has 0 amide bonds. The largest absolute Gasteiger partial charge is 0.516 e. The molecule has 0 saturated carbocycles. The standard InChI is InChI=1S/C9H14OS/c1-3-6-9(11-2)7-4-5-8-10/h3-10H,1-2H3/b6-3-,7-4?,8-5+. The van der Waals surface area contributed by atoms with Gasteiger partial charge in [-0.1, -0.05) is 24.3 Å². The zero-order valence-electron chi connectivity index (χ0n) is 6.90. The van der Waals surface area contributed by atoms with Crippen LogP contribution < -0.4 is 0 Å². The summed E-state index contributed by atoms with van der Waals surface area (Å²) < 4.78 is 0. The Morgan fingerprint density at radius 3 is 2.45 bits per heavy atom. The molecule has 0 spiro atoms. The first-order chi connectivity index (χ1) is 5.35. The second kappa shape index (κ2) is 7.48. The topological polar surface area (TPSA) is 20.2 Å². The molecule has 0 rings (SSSR count). The number of thioether (sulfide) groups is 1. The molecule has 0 aromatic rings. The van der Waals surface area contributed by atoms with E-state index in [4.69, 9.17) is 5.11 Å². The van der Waals surface area contributed by atoms with E-state index in [1.165, 1.54) is 0 Å². The summed E-state index contributed by atoms with van der Waals surface area (Å²) in [4.78, 5) is 0. The van der Waals surface area contributed by atoms with Crippen molar-refractivity contribution in [3.8, 4) is 0 Å². The second-order valence-electron chi connectivity index (χ2n) is 1.95. The van der Waals surface area contributed by atoms with Crippen LogP contribution in [0.1, 0.15) is 6.92 Å². The highest BCUT2D eigenvalue weighted by Gasteiger charge is 1.92. The van der Waals surface area contributed by atoms with Crippen molar-refractivity contribution < 1.29 is 5.11 Å². The summed E-state index contributed by atoms with van der Waals surface area (Å²) in [5, 5.41) is 8.74. The Bertz CT molecular complexity index is 159. The predicted octanol–water partition coefficient (Wildman–Crippen LogP) is 2.92. The van der Waals surface area contributed by atoms with Crippen LogP contribution in [0.2, 0.25) is 0 Å². The average Bonchev–Trinajstić information content (AvgIpc) is 2.03. The fraction of sp³-hybridized carbons (Fsp3) is 0.333. The first-order valence-corrected chi connectivity index (χ1v) is 4.77. The maximum atomic E-state index is 8.33. The lowest BCUT2D eigenvalue weighted by molar-refractivity contribution is 0.473. The van der Waals surface area contributed by atoms with Gasteiger partial charge < -0.3 is 5.11 Å². The van der Waals surface area contributed by atoms with Crippen LogP contribution in [0.4, 0.5) is 0 Å². The summed E-state index contributed by atoms with van der Waals surface area (Å²) in [6.07, 6.45) is 12.7. The molecular formula is C9H14OS. The van der Waals surface area contributed by atoms with E-state index in [2.05, 4.69) is 12.3 Å². The minimum Gasteiger partial charge on any atom is -0.516 e. The zero-order chi connectivity index (χ0) is 8.53. The molecule has 1 atom stereocenters. The third-order valence-corrected chi connectivity index (χ3v) is 2.01. The molecule has 0 aliphatic rings. The summed E-state index contributed by atoms with van der Waals surface area (Å²) >= 11 is 1.76. The van der Waals surface area contributed by atoms with E-state index >= 15 is 0 Å². The number of hydrogen-bond acceptors (Lipinski definition) is 2. The average molecular weight is 170 g/mol. The predicted molar refractivity (Wildman–Crippen MR) is 53.0 cm³/mol. The van der Waals surface area contributed by atoms with Gasteiger partial charge in [-0.2, -0.15) is 11.8 Å². The highest BCUT2D eigenvalue weighted by atomic mass is 32.2. The van der Waals surface area contributed by atoms with E-state index in [1.807, 2.05) is 25.2 Å². The lowest BCUT2D eigenvalue weighted by Crippen LogP contribution is -1.89. The van der Waals surface area contributed by atoms with Gasteiger partial charge >= 0.3 is 0 Å². The molecule has 0 aliphatic carbocycles. The summed E-state index contributed by atoms with van der Waals surface area (Å²) in [7, 11) is 0. The maximum absolute atomic E-state index is 8.33. The summed E-state index contributed by atoms with van der Waals surface area (Å²) in [6.45, 7) is 2.00. The van der Waals surface area contributed by atoms with Gasteiger partial charge in [0.15, 0.2) is 0 Å². The minimum absolute atomic E-state index is 0.413. The van der Waals surface area contributed by atoms with E-state index in [-0.39, 0.29) is 0 Å². The van der Waals surface area contributed by atoms with Crippen molar-refractivity contribution in [2.75, 3.05) is 6.26 Å². The molecule has 0 aromatic heterocycles. The Hall–Kier alpha value is -0.630. The van der Waals surface area contributed by atoms with Crippen LogP contribution in [0.15, 0.2) is 36.6 Å². The van der Waals surface area contributed by atoms with Crippen molar-refractivity contribution in [2.45, 2.75) is 12.2 Å². The second-order valence-corrected chi connectivity index (χ2v) is 2.97. The molecule has 62 valence electrons. The Morgan fingerprint density at radius 2 is 2.00 bits per heavy atom. The van der Waals surface area contributed by atoms with Gasteiger partial charge in [-0.05, 0) is 19.3 Å². The number of allylic oxidation sites excluding steroid dienone is 3. The van der Waals surface area contributed by atoms with Gasteiger partial charge in [0.25, 0.3) is 0 Å². The summed E-state index contributed by atoms with van der Waals surface area (Å²) in [6, 6.07) is 0. The smallest absolute Gasteiger partial charge is 0.0791 e. The van der Waals surface area contributed by atoms with Crippen molar-refractivity contribution >= 4 is 11.8 Å². The highest BCUT2D eigenvalue weighted by Crippen LogP contribution is 2.09. The van der Waals surface area contributed by atoms with E-state index in [9.17, 15) is 0 Å². The normalized spacial score (nSPS) is 15.5. The Balaban J connectivity index is 3.86. The zero-order valence-corrected chi connectivity index (χ0v) is 7.71. The van der Waals surface area contributed by atoms with Gasteiger partial charge in [0.2, 0.25) is 0 Å². The molecule has 0 bridgehead atoms. The van der Waals surface area contributed by atoms with E-state index < -0.39 is 0 Å². The number of hydrogen-bond donors (Lipinski definition) is 1. The molecule has 0 aliphatic heterocycles. The number of aliphatic hydroxyl groups is 1. The van der Waals surface area contributed by atoms with Crippen molar-refractivity contribution in [2.24, 2.45) is 0 Å². The SMILES string of the molecule is C/C=C\C(C=C/C=C/O)SC. The van der Waals surface area contributed by atoms with Crippen LogP contribution in [-0.2, 0) is 0 Å². The molecule has 0 aromatic carbocycles. The lowest BCUT2D eigenvalue weighted by atomic mass is 10.3. The van der Waals surface area contributed by atoms with Crippen LogP contribution in [0.5, 0.6) is 0 Å². The van der Waals surface area contributed by atoms with Gasteiger partial charge in [0.1, 0.15) is 0 Å². The molecule has 0 fully saturated rings. The van der Waals surface area contributed by atoms with Gasteiger partial charge in [-0.15, -0.1) is 0 Å². The van der Waals surface area contributed by atoms with E-state index in [1.54, 1.807) is 17.8 Å². The van der Waals surface area contributed by atoms with Gasteiger partial charge in [-0.3, -0.25) is 0 Å². The molecule has 1 N–H and O–H groups in total. The molecule has 0 radical (unpaired) electrons. The van der Waals surface area contributed by atoms with Crippen molar-refractivity contribution in [3.63, 3.8) is 0 Å². The minimum atomic E-state index is 0.413. The van der Waals surface area contributed by atoms with Crippen LogP contribution in [-0.4, -0.2) is 16.6 Å². The van der Waals surface area contributed by atoms with Crippen molar-refractivity contribution in [3.05, 3.63) is 36.6 Å². The van der Waals surface area contributed by atoms with Crippen molar-refractivity contribution in [1.82, 2.24) is 0 Å². The quantitative estimate of drug-likeness (QED) is 0.397. The van der Waals surface area contributed by atoms with Gasteiger partial charge in [-0.25, -0.2) is 0 Å². The molecule has 1 nitrogen and oxygen atoms in total. The fourth-order valence-electron chi connectivity index (χ4n) is 0.634. The summed E-state index contributed by atoms with van der Waals surface area (Å²) in [5.41, 5.74) is 0. The number of rotatable bonds is 4. The van der Waals surface area contributed by atoms with Crippen LogP contribution in [0.25, 0.3) is 0 Å². The fourth-order valence-corrected chi connectivity index (χ4v) is 1.20. The molecule has 2 heteroatoms. The molecule has 1 unspecified atom stereocenters. The summed E-state index contributed by atoms with van der Waals surface area (Å²) in [5.74, 6) is 0. The van der Waals surface area contributed by atoms with E-state index in [0.717, 1.165) is 6.26 Å². The van der Waals surface area contributed by atoms with Crippen molar-refractivity contribution in [1.29, 1.82) is 0 Å². The first-order valence-electron chi connectivity index (χ1n) is 3.48. The molecule has 11 heavy (non-hydrogen) atoms. The Kier molecular flexibility index (Phi) is 7.05. The third-order valence-electron chi connectivity index (χ3n) is 1.15. The molecule has 0 heterocycles. The molecular weight excluding hydrogens is 156 g/mol. The van der Waals surface area contributed by atoms with Gasteiger partial charge in [0, 0.05) is 5.25 Å². The number of aliphatic hydroxyl groups excluding tert-OH is 1. The first kappa shape index (κ1) is 10.4. The van der Waals surface area contributed by atoms with Crippen LogP contribution >= 0.6 is 11.8 Å². The lowest BCUT2D eigenvalue weighted by Gasteiger charge is -1.99. The third kappa shape index (κ3) is 5.80. The van der Waals surface area contributed by atoms with E-state index in [0.29, 0.717) is 5.25 Å². The monoisotopic (exact) mass is 170 g/mol. The highest BCUT2D eigenvalue weighted by molar-refractivity contribution is 7.99. The van der Waals surface area contributed by atoms with Gasteiger partial charge in [0.05, 0.1) is 6.26 Å². The maximum Gasteiger partial charge on any atom is 0.0791 e. The Labute approximate surface area is 72.5 Å². The van der Waals surface area contributed by atoms with Crippen LogP contribution in [0, 0.1) is 0 Å². The Morgan fingerprint density at radius 1 is 1.27 bits per heavy atom. The molecule has 0 saturated heterocycles.